The number of rotatable bonds is 7. The van der Waals surface area contributed by atoms with Gasteiger partial charge >= 0.3 is 12.1 Å². The lowest BCUT2D eigenvalue weighted by Crippen LogP contribution is -2.62. The fraction of sp³-hybridized carbons (Fsp3) is 0.619. The Morgan fingerprint density at radius 2 is 1.71 bits per heavy atom. The molecule has 0 bridgehead atoms. The van der Waals surface area contributed by atoms with Crippen molar-refractivity contribution in [1.82, 2.24) is 15.6 Å². The minimum absolute atomic E-state index is 0.0632. The number of nitrogens with zero attached hydrogens (tertiary/aromatic N) is 2. The van der Waals surface area contributed by atoms with Crippen molar-refractivity contribution in [2.24, 2.45) is 5.16 Å². The van der Waals surface area contributed by atoms with E-state index in [1.807, 2.05) is 0 Å². The van der Waals surface area contributed by atoms with Crippen molar-refractivity contribution in [3.05, 3.63) is 11.1 Å². The lowest BCUT2D eigenvalue weighted by Gasteiger charge is -2.27. The predicted octanol–water partition coefficient (Wildman–Crippen LogP) is 1.95. The normalized spacial score (nSPS) is 16.6. The summed E-state index contributed by atoms with van der Waals surface area (Å²) in [6.07, 6.45) is -0.718. The lowest BCUT2D eigenvalue weighted by atomic mass is 10.1. The van der Waals surface area contributed by atoms with Gasteiger partial charge in [0.05, 0.1) is 0 Å². The van der Waals surface area contributed by atoms with Crippen molar-refractivity contribution in [1.29, 1.82) is 0 Å². The molecule has 3 amide bonds. The summed E-state index contributed by atoms with van der Waals surface area (Å²) in [6.45, 7) is 13.4. The lowest BCUT2D eigenvalue weighted by molar-refractivity contribution is -0.179. The number of hydrogen-bond acceptors (Lipinski definition) is 10. The number of aromatic nitrogens is 1. The quantitative estimate of drug-likeness (QED) is 0.223. The standard InChI is InChI=1S/C21H31N5O7S/c1-19(2,3)31-16(29)21(7,8)33-26-13(15(28)23-11-9-22-14(11)27)12-10-34-17(24-12)25-18(30)32-20(4,5)6/h10-11H,9H2,1-8H3,(H,22,27)(H,23,28)(H,24,25,30)/b26-13-/t11-/m0/s1. The average molecular weight is 498 g/mol. The fourth-order valence-corrected chi connectivity index (χ4v) is 2.94. The zero-order valence-electron chi connectivity index (χ0n) is 20.5. The maximum absolute atomic E-state index is 12.9. The molecule has 1 fully saturated rings. The van der Waals surface area contributed by atoms with Crippen LogP contribution in [0, 0.1) is 0 Å². The molecule has 188 valence electrons. The van der Waals surface area contributed by atoms with E-state index in [0.717, 1.165) is 11.3 Å². The maximum atomic E-state index is 12.9. The van der Waals surface area contributed by atoms with Crippen LogP contribution < -0.4 is 16.0 Å². The van der Waals surface area contributed by atoms with Crippen LogP contribution in [0.5, 0.6) is 0 Å². The summed E-state index contributed by atoms with van der Waals surface area (Å²) < 4.78 is 10.5. The van der Waals surface area contributed by atoms with E-state index in [1.165, 1.54) is 19.2 Å². The SMILES string of the molecule is CC(C)(C)OC(=O)Nc1nc(/C(=N/OC(C)(C)C(=O)OC(C)(C)C)C(=O)N[C@H]2CNC2=O)cs1. The molecule has 1 aromatic rings. The van der Waals surface area contributed by atoms with Gasteiger partial charge in [0, 0.05) is 11.9 Å². The first-order chi connectivity index (χ1) is 15.5. The Kier molecular flexibility index (Phi) is 7.91. The second-order valence-corrected chi connectivity index (χ2v) is 10.8. The van der Waals surface area contributed by atoms with Gasteiger partial charge in [0.15, 0.2) is 10.8 Å². The molecule has 0 spiro atoms. The predicted molar refractivity (Wildman–Crippen MR) is 124 cm³/mol. The van der Waals surface area contributed by atoms with Crippen molar-refractivity contribution in [2.75, 3.05) is 11.9 Å². The van der Waals surface area contributed by atoms with Gasteiger partial charge in [-0.05, 0) is 55.4 Å². The molecular weight excluding hydrogens is 466 g/mol. The Morgan fingerprint density at radius 3 is 2.21 bits per heavy atom. The summed E-state index contributed by atoms with van der Waals surface area (Å²) in [5, 5.41) is 13.0. The first-order valence-electron chi connectivity index (χ1n) is 10.5. The Labute approximate surface area is 201 Å². The van der Waals surface area contributed by atoms with E-state index in [2.05, 4.69) is 26.1 Å². The third-order valence-corrected chi connectivity index (χ3v) is 4.69. The minimum Gasteiger partial charge on any atom is -0.457 e. The Hall–Kier alpha value is -3.22. The molecule has 1 aliphatic rings. The Morgan fingerprint density at radius 1 is 1.09 bits per heavy atom. The molecule has 2 rings (SSSR count). The third-order valence-electron chi connectivity index (χ3n) is 3.93. The van der Waals surface area contributed by atoms with E-state index in [0.29, 0.717) is 0 Å². The largest absolute Gasteiger partial charge is 0.457 e. The van der Waals surface area contributed by atoms with Gasteiger partial charge < -0.3 is 24.9 Å². The van der Waals surface area contributed by atoms with E-state index in [1.54, 1.807) is 41.5 Å². The Balaban J connectivity index is 2.25. The van der Waals surface area contributed by atoms with Crippen LogP contribution in [0.4, 0.5) is 9.93 Å². The topological polar surface area (TPSA) is 157 Å². The first-order valence-corrected chi connectivity index (χ1v) is 11.4. The highest BCUT2D eigenvalue weighted by Gasteiger charge is 2.37. The number of hydrogen-bond donors (Lipinski definition) is 3. The molecule has 34 heavy (non-hydrogen) atoms. The number of anilines is 1. The molecular formula is C21H31N5O7S. The highest BCUT2D eigenvalue weighted by atomic mass is 32.1. The van der Waals surface area contributed by atoms with Crippen molar-refractivity contribution in [3.63, 3.8) is 0 Å². The van der Waals surface area contributed by atoms with Crippen LogP contribution >= 0.6 is 11.3 Å². The second-order valence-electron chi connectivity index (χ2n) is 9.98. The molecule has 0 aliphatic carbocycles. The molecule has 3 N–H and O–H groups in total. The number of oxime groups is 1. The highest BCUT2D eigenvalue weighted by molar-refractivity contribution is 7.14. The molecule has 1 aromatic heterocycles. The summed E-state index contributed by atoms with van der Waals surface area (Å²) in [5.74, 6) is -1.77. The number of β-lactam (4-membered cyclic amide) rings is 1. The Bertz CT molecular complexity index is 988. The van der Waals surface area contributed by atoms with Crippen molar-refractivity contribution in [2.45, 2.75) is 78.2 Å². The second kappa shape index (κ2) is 9.95. The number of esters is 1. The smallest absolute Gasteiger partial charge is 0.413 e. The van der Waals surface area contributed by atoms with Gasteiger partial charge in [-0.3, -0.25) is 14.9 Å². The number of amides is 3. The van der Waals surface area contributed by atoms with Crippen LogP contribution in [0.3, 0.4) is 0 Å². The van der Waals surface area contributed by atoms with Gasteiger partial charge in [-0.1, -0.05) is 5.16 Å². The van der Waals surface area contributed by atoms with Crippen molar-refractivity contribution >= 4 is 46.1 Å². The van der Waals surface area contributed by atoms with E-state index in [-0.39, 0.29) is 29.0 Å². The van der Waals surface area contributed by atoms with Crippen LogP contribution in [-0.2, 0) is 28.7 Å². The van der Waals surface area contributed by atoms with Crippen LogP contribution in [0.25, 0.3) is 0 Å². The van der Waals surface area contributed by atoms with Gasteiger partial charge in [0.1, 0.15) is 22.9 Å². The van der Waals surface area contributed by atoms with E-state index >= 15 is 0 Å². The zero-order chi connectivity index (χ0) is 25.9. The van der Waals surface area contributed by atoms with E-state index < -0.39 is 40.8 Å². The van der Waals surface area contributed by atoms with Gasteiger partial charge in [0.2, 0.25) is 11.5 Å². The fourth-order valence-electron chi connectivity index (χ4n) is 2.26. The summed E-state index contributed by atoms with van der Waals surface area (Å²) in [5.41, 5.74) is -3.21. The number of ether oxygens (including phenoxy) is 2. The maximum Gasteiger partial charge on any atom is 0.413 e. The summed E-state index contributed by atoms with van der Waals surface area (Å²) >= 11 is 1.03. The van der Waals surface area contributed by atoms with Gasteiger partial charge in [0.25, 0.3) is 5.91 Å². The minimum atomic E-state index is -1.53. The molecule has 12 nitrogen and oxygen atoms in total. The molecule has 0 radical (unpaired) electrons. The molecule has 0 unspecified atom stereocenters. The molecule has 13 heteroatoms. The first kappa shape index (κ1) is 27.0. The molecule has 1 atom stereocenters. The highest BCUT2D eigenvalue weighted by Crippen LogP contribution is 2.21. The zero-order valence-corrected chi connectivity index (χ0v) is 21.3. The number of carbonyl (C=O) groups excluding carboxylic acids is 4. The number of carbonyl (C=O) groups is 4. The van der Waals surface area contributed by atoms with E-state index in [9.17, 15) is 19.2 Å². The molecule has 0 aromatic carbocycles. The van der Waals surface area contributed by atoms with Crippen LogP contribution in [0.2, 0.25) is 0 Å². The van der Waals surface area contributed by atoms with Crippen LogP contribution in [0.1, 0.15) is 61.1 Å². The monoisotopic (exact) mass is 497 g/mol. The van der Waals surface area contributed by atoms with Crippen LogP contribution in [0.15, 0.2) is 10.5 Å². The number of thiazole rings is 1. The van der Waals surface area contributed by atoms with E-state index in [4.69, 9.17) is 14.3 Å². The van der Waals surface area contributed by atoms with Crippen molar-refractivity contribution < 1.29 is 33.5 Å². The van der Waals surface area contributed by atoms with Crippen molar-refractivity contribution in [3.8, 4) is 0 Å². The summed E-state index contributed by atoms with van der Waals surface area (Å²) in [4.78, 5) is 58.5. The molecule has 0 saturated carbocycles. The van der Waals surface area contributed by atoms with Crippen LogP contribution in [-0.4, -0.2) is 64.0 Å². The average Bonchev–Trinajstić information content (AvgIpc) is 3.09. The third kappa shape index (κ3) is 7.97. The molecule has 1 saturated heterocycles. The molecule has 2 heterocycles. The van der Waals surface area contributed by atoms with Gasteiger partial charge in [-0.25, -0.2) is 14.6 Å². The summed E-state index contributed by atoms with van der Waals surface area (Å²) in [6, 6.07) is -0.727. The van der Waals surface area contributed by atoms with Gasteiger partial charge in [-0.2, -0.15) is 0 Å². The van der Waals surface area contributed by atoms with Gasteiger partial charge in [-0.15, -0.1) is 11.3 Å². The number of nitrogens with one attached hydrogen (secondary N) is 3. The summed E-state index contributed by atoms with van der Waals surface area (Å²) in [7, 11) is 0. The molecule has 1 aliphatic heterocycles.